The van der Waals surface area contributed by atoms with Crippen molar-refractivity contribution in [1.82, 2.24) is 4.98 Å². The molecule has 0 aliphatic rings. The van der Waals surface area contributed by atoms with Crippen molar-refractivity contribution in [2.75, 3.05) is 7.11 Å². The van der Waals surface area contributed by atoms with Gasteiger partial charge in [-0.2, -0.15) is 0 Å². The molecule has 0 radical (unpaired) electrons. The normalized spacial score (nSPS) is 10.0. The number of rotatable bonds is 4. The smallest absolute Gasteiger partial charge is 0.169 e. The summed E-state index contributed by atoms with van der Waals surface area (Å²) in [6, 6.07) is 9.32. The Bertz CT molecular complexity index is 500. The lowest BCUT2D eigenvalue weighted by Gasteiger charge is -2.10. The second-order valence-corrected chi connectivity index (χ2v) is 3.49. The Hall–Kier alpha value is -2.07. The van der Waals surface area contributed by atoms with Crippen LogP contribution in [0.1, 0.15) is 5.56 Å². The average molecular weight is 230 g/mol. The molecule has 17 heavy (non-hydrogen) atoms. The quantitative estimate of drug-likeness (QED) is 0.875. The number of nitrogens with zero attached hydrogens (tertiary/aromatic N) is 1. The van der Waals surface area contributed by atoms with Crippen LogP contribution >= 0.6 is 0 Å². The predicted octanol–water partition coefficient (Wildman–Crippen LogP) is 2.34. The summed E-state index contributed by atoms with van der Waals surface area (Å²) in [6.45, 7) is 0.441. The topological polar surface area (TPSA) is 57.4 Å². The van der Waals surface area contributed by atoms with Crippen molar-refractivity contribution >= 4 is 0 Å². The summed E-state index contributed by atoms with van der Waals surface area (Å²) < 4.78 is 10.9. The maximum Gasteiger partial charge on any atom is 0.169 e. The maximum atomic E-state index is 5.70. The van der Waals surface area contributed by atoms with Crippen LogP contribution in [0, 0.1) is 0 Å². The molecule has 0 saturated heterocycles. The molecule has 1 aromatic carbocycles. The molecule has 0 bridgehead atoms. The minimum atomic E-state index is 0.441. The number of hydrogen-bond donors (Lipinski definition) is 1. The van der Waals surface area contributed by atoms with Gasteiger partial charge in [0, 0.05) is 12.7 Å². The fraction of sp³-hybridized carbons (Fsp3) is 0.154. The summed E-state index contributed by atoms with van der Waals surface area (Å²) in [5.41, 5.74) is 6.48. The Labute approximate surface area is 100 Å². The van der Waals surface area contributed by atoms with Gasteiger partial charge < -0.3 is 15.2 Å². The molecule has 4 nitrogen and oxygen atoms in total. The number of nitrogens with two attached hydrogens (primary N) is 1. The molecule has 0 fully saturated rings. The highest BCUT2D eigenvalue weighted by atomic mass is 16.5. The van der Waals surface area contributed by atoms with E-state index < -0.39 is 0 Å². The number of hydrogen-bond acceptors (Lipinski definition) is 4. The third-order valence-corrected chi connectivity index (χ3v) is 2.30. The number of pyridine rings is 1. The predicted molar refractivity (Wildman–Crippen MR) is 65.2 cm³/mol. The molecule has 0 aliphatic carbocycles. The fourth-order valence-electron chi connectivity index (χ4n) is 1.46. The lowest BCUT2D eigenvalue weighted by molar-refractivity contribution is 0.378. The van der Waals surface area contributed by atoms with Crippen LogP contribution in [0.4, 0.5) is 0 Å². The number of methoxy groups -OCH3 is 1. The maximum absolute atomic E-state index is 5.70. The SMILES string of the molecule is COc1ccccc1Oc1cncc(CN)c1. The molecule has 4 heteroatoms. The summed E-state index contributed by atoms with van der Waals surface area (Å²) in [5, 5.41) is 0. The zero-order valence-corrected chi connectivity index (χ0v) is 9.59. The Morgan fingerprint density at radius 1 is 1.18 bits per heavy atom. The van der Waals surface area contributed by atoms with E-state index in [1.165, 1.54) is 0 Å². The first-order chi connectivity index (χ1) is 8.33. The van der Waals surface area contributed by atoms with E-state index in [1.807, 2.05) is 30.3 Å². The standard InChI is InChI=1S/C13H14N2O2/c1-16-12-4-2-3-5-13(12)17-11-6-10(7-14)8-15-9-11/h2-6,8-9H,7,14H2,1H3. The van der Waals surface area contributed by atoms with Gasteiger partial charge in [-0.3, -0.25) is 4.98 Å². The molecule has 0 saturated carbocycles. The van der Waals surface area contributed by atoms with E-state index in [0.717, 1.165) is 5.56 Å². The van der Waals surface area contributed by atoms with Crippen LogP contribution < -0.4 is 15.2 Å². The van der Waals surface area contributed by atoms with E-state index >= 15 is 0 Å². The van der Waals surface area contributed by atoms with Crippen LogP contribution in [0.15, 0.2) is 42.7 Å². The number of benzene rings is 1. The second-order valence-electron chi connectivity index (χ2n) is 3.49. The van der Waals surface area contributed by atoms with Gasteiger partial charge in [0.25, 0.3) is 0 Å². The molecule has 0 atom stereocenters. The van der Waals surface area contributed by atoms with Crippen LogP contribution in [0.5, 0.6) is 17.2 Å². The highest BCUT2D eigenvalue weighted by Crippen LogP contribution is 2.30. The summed E-state index contributed by atoms with van der Waals surface area (Å²) >= 11 is 0. The zero-order valence-electron chi connectivity index (χ0n) is 9.59. The van der Waals surface area contributed by atoms with Gasteiger partial charge >= 0.3 is 0 Å². The fourth-order valence-corrected chi connectivity index (χ4v) is 1.46. The van der Waals surface area contributed by atoms with Gasteiger partial charge in [0.15, 0.2) is 11.5 Å². The van der Waals surface area contributed by atoms with Crippen molar-refractivity contribution in [2.24, 2.45) is 5.73 Å². The first-order valence-electron chi connectivity index (χ1n) is 5.28. The highest BCUT2D eigenvalue weighted by molar-refractivity contribution is 5.42. The van der Waals surface area contributed by atoms with E-state index in [0.29, 0.717) is 23.8 Å². The van der Waals surface area contributed by atoms with Crippen molar-refractivity contribution < 1.29 is 9.47 Å². The molecule has 0 unspecified atom stereocenters. The van der Waals surface area contributed by atoms with E-state index in [2.05, 4.69) is 4.98 Å². The monoisotopic (exact) mass is 230 g/mol. The van der Waals surface area contributed by atoms with Crippen molar-refractivity contribution in [3.05, 3.63) is 48.3 Å². The highest BCUT2D eigenvalue weighted by Gasteiger charge is 2.04. The summed E-state index contributed by atoms with van der Waals surface area (Å²) in [4.78, 5) is 4.06. The van der Waals surface area contributed by atoms with Crippen molar-refractivity contribution in [3.8, 4) is 17.2 Å². The summed E-state index contributed by atoms with van der Waals surface area (Å²) in [5.74, 6) is 1.99. The molecule has 0 aliphatic heterocycles. The number of para-hydroxylation sites is 2. The number of aromatic nitrogens is 1. The number of ether oxygens (including phenoxy) is 2. The van der Waals surface area contributed by atoms with E-state index in [4.69, 9.17) is 15.2 Å². The molecule has 0 amide bonds. The van der Waals surface area contributed by atoms with Gasteiger partial charge in [-0.1, -0.05) is 12.1 Å². The Morgan fingerprint density at radius 3 is 2.65 bits per heavy atom. The molecule has 88 valence electrons. The van der Waals surface area contributed by atoms with Gasteiger partial charge in [0.1, 0.15) is 5.75 Å². The van der Waals surface area contributed by atoms with Crippen LogP contribution in [-0.4, -0.2) is 12.1 Å². The van der Waals surface area contributed by atoms with Crippen LogP contribution in [0.25, 0.3) is 0 Å². The minimum absolute atomic E-state index is 0.441. The lowest BCUT2D eigenvalue weighted by Crippen LogP contribution is -1.97. The molecule has 1 aromatic heterocycles. The first-order valence-corrected chi connectivity index (χ1v) is 5.28. The molecule has 2 rings (SSSR count). The van der Waals surface area contributed by atoms with Gasteiger partial charge in [-0.25, -0.2) is 0 Å². The minimum Gasteiger partial charge on any atom is -0.493 e. The zero-order chi connectivity index (χ0) is 12.1. The molecule has 2 aromatic rings. The van der Waals surface area contributed by atoms with Gasteiger partial charge in [-0.15, -0.1) is 0 Å². The van der Waals surface area contributed by atoms with E-state index in [1.54, 1.807) is 19.5 Å². The third-order valence-electron chi connectivity index (χ3n) is 2.30. The Balaban J connectivity index is 2.24. The van der Waals surface area contributed by atoms with Gasteiger partial charge in [0.2, 0.25) is 0 Å². The molecule has 2 N–H and O–H groups in total. The average Bonchev–Trinajstić information content (AvgIpc) is 2.39. The van der Waals surface area contributed by atoms with Crippen LogP contribution in [-0.2, 0) is 6.54 Å². The lowest BCUT2D eigenvalue weighted by atomic mass is 10.3. The van der Waals surface area contributed by atoms with Crippen molar-refractivity contribution in [2.45, 2.75) is 6.54 Å². The van der Waals surface area contributed by atoms with E-state index in [9.17, 15) is 0 Å². The van der Waals surface area contributed by atoms with Crippen molar-refractivity contribution in [3.63, 3.8) is 0 Å². The van der Waals surface area contributed by atoms with E-state index in [-0.39, 0.29) is 0 Å². The summed E-state index contributed by atoms with van der Waals surface area (Å²) in [6.07, 6.45) is 3.36. The molecular formula is C13H14N2O2. The molecular weight excluding hydrogens is 216 g/mol. The Morgan fingerprint density at radius 2 is 1.94 bits per heavy atom. The van der Waals surface area contributed by atoms with Crippen LogP contribution in [0.3, 0.4) is 0 Å². The van der Waals surface area contributed by atoms with Crippen LogP contribution in [0.2, 0.25) is 0 Å². The summed E-state index contributed by atoms with van der Waals surface area (Å²) in [7, 11) is 1.61. The third kappa shape index (κ3) is 2.73. The Kier molecular flexibility index (Phi) is 3.57. The van der Waals surface area contributed by atoms with Gasteiger partial charge in [0.05, 0.1) is 13.3 Å². The van der Waals surface area contributed by atoms with Gasteiger partial charge in [-0.05, 0) is 23.8 Å². The second kappa shape index (κ2) is 5.32. The molecule has 1 heterocycles. The van der Waals surface area contributed by atoms with Crippen molar-refractivity contribution in [1.29, 1.82) is 0 Å². The largest absolute Gasteiger partial charge is 0.493 e. The molecule has 0 spiro atoms. The first kappa shape index (κ1) is 11.4.